The van der Waals surface area contributed by atoms with Gasteiger partial charge in [-0.2, -0.15) is 31.4 Å². The van der Waals surface area contributed by atoms with Gasteiger partial charge in [-0.1, -0.05) is 11.6 Å². The van der Waals surface area contributed by atoms with E-state index in [4.69, 9.17) is 21.8 Å². The monoisotopic (exact) mass is 498 g/mol. The first-order chi connectivity index (χ1) is 13.9. The summed E-state index contributed by atoms with van der Waals surface area (Å²) in [5, 5.41) is 19.4. The quantitative estimate of drug-likeness (QED) is 0.598. The zero-order valence-corrected chi connectivity index (χ0v) is 17.3. The lowest BCUT2D eigenvalue weighted by Crippen LogP contribution is -2.19. The number of nitrogens with zero attached hydrogens (tertiary/aromatic N) is 2. The summed E-state index contributed by atoms with van der Waals surface area (Å²) in [6, 6.07) is 0.311. The van der Waals surface area contributed by atoms with Crippen LogP contribution in [0.25, 0.3) is 5.69 Å². The maximum atomic E-state index is 14.2. The maximum absolute atomic E-state index is 14.2. The maximum Gasteiger partial charge on any atom is 0.476 e. The van der Waals surface area contributed by atoms with E-state index in [1.54, 1.807) is 13.8 Å². The van der Waals surface area contributed by atoms with Crippen molar-refractivity contribution in [1.29, 1.82) is 0 Å². The zero-order chi connectivity index (χ0) is 24.5. The van der Waals surface area contributed by atoms with Crippen molar-refractivity contribution in [3.05, 3.63) is 39.9 Å². The number of alkyl halides is 6. The van der Waals surface area contributed by atoms with E-state index in [0.29, 0.717) is 6.07 Å². The second kappa shape index (κ2) is 9.53. The van der Waals surface area contributed by atoms with Gasteiger partial charge in [0.15, 0.2) is 22.3 Å². The van der Waals surface area contributed by atoms with Crippen LogP contribution in [0.4, 0.5) is 30.7 Å². The zero-order valence-electron chi connectivity index (χ0n) is 15.8. The standard InChI is InChI=1S/C13H6ClF7N2O3S.C3H8O/c1-4-10(27(26)13(19,20)21)8(11(24)25)22-23(4)9-6(14)2-5(3-7(9)15)12(16,17)18;1-3(2)4/h2-3H,1H3,(H,24,25);3-4H,1-2H3. The Bertz CT molecular complexity index is 977. The number of aromatic nitrogens is 2. The average molecular weight is 499 g/mol. The molecule has 2 aromatic rings. The van der Waals surface area contributed by atoms with Crippen LogP contribution in [0.15, 0.2) is 17.0 Å². The van der Waals surface area contributed by atoms with Gasteiger partial charge in [-0.15, -0.1) is 0 Å². The number of aliphatic hydroxyl groups is 1. The predicted molar refractivity (Wildman–Crippen MR) is 95.0 cm³/mol. The van der Waals surface area contributed by atoms with E-state index in [0.717, 1.165) is 6.92 Å². The Hall–Kier alpha value is -2.19. The van der Waals surface area contributed by atoms with Gasteiger partial charge >= 0.3 is 17.7 Å². The minimum Gasteiger partial charge on any atom is -0.476 e. The fraction of sp³-hybridized carbons (Fsp3) is 0.375. The molecule has 31 heavy (non-hydrogen) atoms. The van der Waals surface area contributed by atoms with Crippen molar-refractivity contribution in [1.82, 2.24) is 9.78 Å². The van der Waals surface area contributed by atoms with Gasteiger partial charge in [-0.25, -0.2) is 18.1 Å². The number of halogens is 8. The van der Waals surface area contributed by atoms with E-state index in [1.165, 1.54) is 0 Å². The summed E-state index contributed by atoms with van der Waals surface area (Å²) in [4.78, 5) is 9.88. The van der Waals surface area contributed by atoms with Crippen LogP contribution in [0, 0.1) is 12.7 Å². The van der Waals surface area contributed by atoms with E-state index < -0.39 is 66.8 Å². The number of carboxylic acids is 1. The third kappa shape index (κ3) is 6.40. The third-order valence-corrected chi connectivity index (χ3v) is 4.78. The molecule has 0 aliphatic carbocycles. The van der Waals surface area contributed by atoms with E-state index in [-0.39, 0.29) is 16.9 Å². The number of benzene rings is 1. The highest BCUT2D eigenvalue weighted by Gasteiger charge is 2.43. The van der Waals surface area contributed by atoms with E-state index >= 15 is 0 Å². The highest BCUT2D eigenvalue weighted by molar-refractivity contribution is 7.86. The number of aliphatic hydroxyl groups excluding tert-OH is 1. The number of aromatic carboxylic acids is 1. The van der Waals surface area contributed by atoms with Gasteiger partial charge in [-0.05, 0) is 32.9 Å². The Kier molecular flexibility index (Phi) is 8.25. The molecule has 0 bridgehead atoms. The van der Waals surface area contributed by atoms with Gasteiger partial charge in [0.25, 0.3) is 0 Å². The molecule has 1 aromatic heterocycles. The van der Waals surface area contributed by atoms with Crippen molar-refractivity contribution in [3.8, 4) is 5.69 Å². The Labute approximate surface area is 177 Å². The Morgan fingerprint density at radius 1 is 1.19 bits per heavy atom. The molecular formula is C16H14ClF7N2O4S. The molecule has 0 saturated carbocycles. The first-order valence-corrected chi connectivity index (χ1v) is 9.48. The second-order valence-electron chi connectivity index (χ2n) is 6.07. The topological polar surface area (TPSA) is 92.4 Å². The van der Waals surface area contributed by atoms with E-state index in [2.05, 4.69) is 5.10 Å². The third-order valence-electron chi connectivity index (χ3n) is 3.22. The van der Waals surface area contributed by atoms with Crippen molar-refractivity contribution in [2.24, 2.45) is 0 Å². The van der Waals surface area contributed by atoms with Crippen LogP contribution >= 0.6 is 11.6 Å². The molecule has 0 radical (unpaired) electrons. The van der Waals surface area contributed by atoms with Crippen LogP contribution in [0.3, 0.4) is 0 Å². The molecule has 0 spiro atoms. The Morgan fingerprint density at radius 3 is 2.03 bits per heavy atom. The normalized spacial score (nSPS) is 13.1. The van der Waals surface area contributed by atoms with E-state index in [9.17, 15) is 39.7 Å². The predicted octanol–water partition coefficient (Wildman–Crippen LogP) is 4.70. The number of hydrogen-bond donors (Lipinski definition) is 2. The van der Waals surface area contributed by atoms with Crippen LogP contribution < -0.4 is 0 Å². The molecule has 6 nitrogen and oxygen atoms in total. The molecule has 2 rings (SSSR count). The molecular weight excluding hydrogens is 485 g/mol. The summed E-state index contributed by atoms with van der Waals surface area (Å²) in [5.74, 6) is -3.63. The van der Waals surface area contributed by atoms with Crippen molar-refractivity contribution in [3.63, 3.8) is 0 Å². The van der Waals surface area contributed by atoms with Crippen LogP contribution in [-0.4, -0.2) is 41.8 Å². The lowest BCUT2D eigenvalue weighted by atomic mass is 10.2. The summed E-state index contributed by atoms with van der Waals surface area (Å²) < 4.78 is 102. The molecule has 15 heteroatoms. The lowest BCUT2D eigenvalue weighted by Gasteiger charge is -2.13. The molecule has 174 valence electrons. The molecule has 0 aliphatic heterocycles. The summed E-state index contributed by atoms with van der Waals surface area (Å²) in [6.07, 6.45) is -5.13. The molecule has 0 saturated heterocycles. The highest BCUT2D eigenvalue weighted by atomic mass is 35.5. The van der Waals surface area contributed by atoms with Gasteiger partial charge in [0, 0.05) is 6.10 Å². The number of carboxylic acid groups (broad SMARTS) is 1. The first kappa shape index (κ1) is 26.8. The summed E-state index contributed by atoms with van der Waals surface area (Å²) in [6.45, 7) is 4.28. The molecule has 1 atom stereocenters. The smallest absolute Gasteiger partial charge is 0.476 e. The van der Waals surface area contributed by atoms with E-state index in [1.807, 2.05) is 0 Å². The molecule has 0 aliphatic rings. The summed E-state index contributed by atoms with van der Waals surface area (Å²) in [7, 11) is -3.84. The SMILES string of the molecule is CC(C)O.Cc1c(S(=O)C(F)(F)F)c(C(=O)O)nn1-c1c(F)cc(C(F)(F)F)cc1Cl. The van der Waals surface area contributed by atoms with Crippen molar-refractivity contribution >= 4 is 28.4 Å². The fourth-order valence-corrected chi connectivity index (χ4v) is 3.29. The second-order valence-corrected chi connectivity index (χ2v) is 7.89. The number of carbonyl (C=O) groups is 1. The summed E-state index contributed by atoms with van der Waals surface area (Å²) in [5.41, 5.74) is -9.78. The van der Waals surface area contributed by atoms with Gasteiger partial charge in [0.2, 0.25) is 0 Å². The van der Waals surface area contributed by atoms with Crippen molar-refractivity contribution in [2.75, 3.05) is 0 Å². The first-order valence-electron chi connectivity index (χ1n) is 7.95. The van der Waals surface area contributed by atoms with Gasteiger partial charge in [-0.3, -0.25) is 0 Å². The lowest BCUT2D eigenvalue weighted by molar-refractivity contribution is -0.137. The molecule has 1 heterocycles. The van der Waals surface area contributed by atoms with Crippen molar-refractivity contribution < 1.29 is 49.9 Å². The molecule has 0 amide bonds. The minimum atomic E-state index is -5.36. The highest BCUT2D eigenvalue weighted by Crippen LogP contribution is 2.37. The molecule has 0 fully saturated rings. The van der Waals surface area contributed by atoms with Crippen LogP contribution in [0.2, 0.25) is 5.02 Å². The van der Waals surface area contributed by atoms with Crippen LogP contribution in [0.5, 0.6) is 0 Å². The van der Waals surface area contributed by atoms with Gasteiger partial charge < -0.3 is 10.2 Å². The minimum absolute atomic E-state index is 0.0170. The molecule has 1 unspecified atom stereocenters. The Balaban J connectivity index is 0.00000110. The number of hydrogen-bond acceptors (Lipinski definition) is 4. The van der Waals surface area contributed by atoms with Crippen LogP contribution in [0.1, 0.15) is 35.6 Å². The number of rotatable bonds is 3. The molecule has 1 aromatic carbocycles. The summed E-state index contributed by atoms with van der Waals surface area (Å²) >= 11 is 5.61. The fourth-order valence-electron chi connectivity index (χ4n) is 2.11. The largest absolute Gasteiger partial charge is 0.476 e. The van der Waals surface area contributed by atoms with Gasteiger partial charge in [0.05, 0.1) is 16.3 Å². The van der Waals surface area contributed by atoms with Gasteiger partial charge in [0.1, 0.15) is 10.6 Å². The molecule has 2 N–H and O–H groups in total. The van der Waals surface area contributed by atoms with Crippen LogP contribution in [-0.2, 0) is 17.0 Å². The Morgan fingerprint density at radius 2 is 1.68 bits per heavy atom. The average Bonchev–Trinajstić information content (AvgIpc) is 2.88. The van der Waals surface area contributed by atoms with Crippen molar-refractivity contribution in [2.45, 2.75) is 43.5 Å².